The minimum atomic E-state index is -0.896. The molecule has 0 spiro atoms. The smallest absolute Gasteiger partial charge is 0.115 e. The van der Waals surface area contributed by atoms with Crippen LogP contribution in [0.4, 0.5) is 0 Å². The lowest BCUT2D eigenvalue weighted by Gasteiger charge is -2.24. The van der Waals surface area contributed by atoms with Crippen LogP contribution in [0.3, 0.4) is 0 Å². The van der Waals surface area contributed by atoms with Crippen LogP contribution >= 0.6 is 15.9 Å². The predicted octanol–water partition coefficient (Wildman–Crippen LogP) is 2.28. The van der Waals surface area contributed by atoms with E-state index in [1.165, 1.54) is 11.1 Å². The molecule has 0 fully saturated rings. The maximum Gasteiger partial charge on any atom is 0.115 e. The van der Waals surface area contributed by atoms with Crippen molar-refractivity contribution in [2.75, 3.05) is 13.7 Å². The average Bonchev–Trinajstić information content (AvgIpc) is 2.96. The van der Waals surface area contributed by atoms with Gasteiger partial charge in [0.2, 0.25) is 0 Å². The molecule has 0 radical (unpaired) electrons. The largest absolute Gasteiger partial charge is 0.383 e. The Hall–Kier alpha value is -1.17. The number of hydrogen-bond acceptors (Lipinski definition) is 3. The molecule has 0 atom stereocenters. The Balaban J connectivity index is 1.96. The van der Waals surface area contributed by atoms with Crippen LogP contribution in [0.15, 0.2) is 34.9 Å². The minimum Gasteiger partial charge on any atom is -0.383 e. The normalized spacial score (nSPS) is 16.4. The van der Waals surface area contributed by atoms with Gasteiger partial charge in [0, 0.05) is 20.0 Å². The van der Waals surface area contributed by atoms with Crippen LogP contribution in [-0.4, -0.2) is 28.6 Å². The lowest BCUT2D eigenvalue weighted by atomic mass is 9.96. The van der Waals surface area contributed by atoms with Crippen LogP contribution in [-0.2, 0) is 29.7 Å². The van der Waals surface area contributed by atoms with Crippen LogP contribution in [0.2, 0.25) is 0 Å². The second-order valence-corrected chi connectivity index (χ2v) is 6.07. The van der Waals surface area contributed by atoms with Gasteiger partial charge in [-0.25, -0.2) is 0 Å². The highest BCUT2D eigenvalue weighted by Crippen LogP contribution is 2.40. The molecule has 1 N–H and O–H groups in total. The van der Waals surface area contributed by atoms with Crippen LogP contribution in [0, 0.1) is 0 Å². The number of aliphatic hydroxyl groups is 1. The van der Waals surface area contributed by atoms with Gasteiger partial charge >= 0.3 is 0 Å². The quantitative estimate of drug-likeness (QED) is 0.931. The molecule has 3 rings (SSSR count). The summed E-state index contributed by atoms with van der Waals surface area (Å²) in [5.41, 5.74) is 2.36. The Labute approximate surface area is 126 Å². The summed E-state index contributed by atoms with van der Waals surface area (Å²) in [6.07, 6.45) is 2.99. The maximum absolute atomic E-state index is 11.1. The second-order valence-electron chi connectivity index (χ2n) is 5.21. The molecule has 106 valence electrons. The van der Waals surface area contributed by atoms with Gasteiger partial charge in [0.05, 0.1) is 29.5 Å². The second kappa shape index (κ2) is 5.31. The molecule has 5 heteroatoms. The van der Waals surface area contributed by atoms with Gasteiger partial charge in [-0.3, -0.25) is 4.68 Å². The number of fused-ring (bicyclic) bond motifs is 1. The molecule has 4 nitrogen and oxygen atoms in total. The van der Waals surface area contributed by atoms with Crippen molar-refractivity contribution in [3.8, 4) is 0 Å². The first-order valence-electron chi connectivity index (χ1n) is 6.64. The van der Waals surface area contributed by atoms with Gasteiger partial charge in [-0.1, -0.05) is 24.3 Å². The van der Waals surface area contributed by atoms with Gasteiger partial charge in [0.1, 0.15) is 5.60 Å². The number of halogens is 1. The van der Waals surface area contributed by atoms with Gasteiger partial charge in [-0.2, -0.15) is 5.10 Å². The number of benzene rings is 1. The molecule has 1 aromatic heterocycles. The van der Waals surface area contributed by atoms with Crippen LogP contribution < -0.4 is 0 Å². The lowest BCUT2D eigenvalue weighted by Crippen LogP contribution is -2.31. The lowest BCUT2D eigenvalue weighted by molar-refractivity contribution is 0.0362. The van der Waals surface area contributed by atoms with Crippen LogP contribution in [0.5, 0.6) is 0 Å². The Morgan fingerprint density at radius 2 is 2.00 bits per heavy atom. The molecule has 2 aromatic rings. The highest BCUT2D eigenvalue weighted by molar-refractivity contribution is 9.10. The number of rotatable bonds is 4. The van der Waals surface area contributed by atoms with Gasteiger partial charge in [-0.05, 0) is 27.1 Å². The summed E-state index contributed by atoms with van der Waals surface area (Å²) in [7, 11) is 1.67. The molecule has 1 heterocycles. The van der Waals surface area contributed by atoms with E-state index in [4.69, 9.17) is 4.74 Å². The molecule has 0 amide bonds. The monoisotopic (exact) mass is 336 g/mol. The van der Waals surface area contributed by atoms with Gasteiger partial charge in [-0.15, -0.1) is 0 Å². The van der Waals surface area contributed by atoms with Crippen molar-refractivity contribution < 1.29 is 9.84 Å². The van der Waals surface area contributed by atoms with E-state index in [0.717, 1.165) is 10.2 Å². The molecule has 0 saturated carbocycles. The first kappa shape index (κ1) is 13.8. The van der Waals surface area contributed by atoms with Gasteiger partial charge in [0.25, 0.3) is 0 Å². The number of hydrogen-bond donors (Lipinski definition) is 1. The third kappa shape index (κ3) is 2.30. The van der Waals surface area contributed by atoms with E-state index in [1.807, 2.05) is 16.8 Å². The topological polar surface area (TPSA) is 47.3 Å². The zero-order valence-corrected chi connectivity index (χ0v) is 12.9. The van der Waals surface area contributed by atoms with Crippen molar-refractivity contribution in [1.29, 1.82) is 0 Å². The summed E-state index contributed by atoms with van der Waals surface area (Å²) in [6, 6.07) is 8.19. The molecule has 0 unspecified atom stereocenters. The number of methoxy groups -OCH3 is 1. The zero-order valence-electron chi connectivity index (χ0n) is 11.3. The first-order chi connectivity index (χ1) is 9.64. The molecule has 1 aliphatic rings. The summed E-state index contributed by atoms with van der Waals surface area (Å²) >= 11 is 3.51. The van der Waals surface area contributed by atoms with Crippen molar-refractivity contribution in [3.63, 3.8) is 0 Å². The molecular formula is C15H17BrN2O2. The van der Waals surface area contributed by atoms with Gasteiger partial charge < -0.3 is 9.84 Å². The number of aromatic nitrogens is 2. The summed E-state index contributed by atoms with van der Waals surface area (Å²) in [6.45, 7) is 1.21. The highest BCUT2D eigenvalue weighted by Gasteiger charge is 2.40. The predicted molar refractivity (Wildman–Crippen MR) is 79.5 cm³/mol. The van der Waals surface area contributed by atoms with E-state index >= 15 is 0 Å². The first-order valence-corrected chi connectivity index (χ1v) is 7.43. The molecule has 0 aliphatic heterocycles. The third-order valence-electron chi connectivity index (χ3n) is 3.83. The van der Waals surface area contributed by atoms with E-state index in [2.05, 4.69) is 33.2 Å². The summed E-state index contributed by atoms with van der Waals surface area (Å²) in [5.74, 6) is 0. The summed E-state index contributed by atoms with van der Waals surface area (Å²) < 4.78 is 7.79. The molecule has 1 aliphatic carbocycles. The Kier molecular flexibility index (Phi) is 3.67. The SMILES string of the molecule is COCCn1ncc(Br)c1C1(O)Cc2ccccc2C1. The number of ether oxygens (including phenoxy) is 1. The molecule has 20 heavy (non-hydrogen) atoms. The van der Waals surface area contributed by atoms with Crippen LogP contribution in [0.1, 0.15) is 16.8 Å². The Bertz CT molecular complexity index is 599. The van der Waals surface area contributed by atoms with Crippen LogP contribution in [0.25, 0.3) is 0 Å². The zero-order chi connectivity index (χ0) is 14.2. The maximum atomic E-state index is 11.1. The van der Waals surface area contributed by atoms with Crippen molar-refractivity contribution >= 4 is 15.9 Å². The van der Waals surface area contributed by atoms with Crippen molar-refractivity contribution in [3.05, 3.63) is 51.8 Å². The fourth-order valence-corrected chi connectivity index (χ4v) is 3.60. The fraction of sp³-hybridized carbons (Fsp3) is 0.400. The molecule has 0 saturated heterocycles. The number of nitrogens with zero attached hydrogens (tertiary/aromatic N) is 2. The molecule has 0 bridgehead atoms. The summed E-state index contributed by atoms with van der Waals surface area (Å²) in [5, 5.41) is 15.4. The van der Waals surface area contributed by atoms with E-state index in [1.54, 1.807) is 13.3 Å². The van der Waals surface area contributed by atoms with E-state index < -0.39 is 5.60 Å². The van der Waals surface area contributed by atoms with Crippen molar-refractivity contribution in [2.24, 2.45) is 0 Å². The minimum absolute atomic E-state index is 0.574. The third-order valence-corrected chi connectivity index (χ3v) is 4.41. The highest BCUT2D eigenvalue weighted by atomic mass is 79.9. The molecular weight excluding hydrogens is 320 g/mol. The molecule has 1 aromatic carbocycles. The van der Waals surface area contributed by atoms with E-state index in [0.29, 0.717) is 26.0 Å². The standard InChI is InChI=1S/C15H17BrN2O2/c1-20-7-6-18-14(13(16)10-17-18)15(19)8-11-4-2-3-5-12(11)9-15/h2-5,10,19H,6-9H2,1H3. The Morgan fingerprint density at radius 3 is 2.60 bits per heavy atom. The van der Waals surface area contributed by atoms with E-state index in [-0.39, 0.29) is 0 Å². The van der Waals surface area contributed by atoms with Gasteiger partial charge in [0.15, 0.2) is 0 Å². The average molecular weight is 337 g/mol. The summed E-state index contributed by atoms with van der Waals surface area (Å²) in [4.78, 5) is 0. The Morgan fingerprint density at radius 1 is 1.35 bits per heavy atom. The van der Waals surface area contributed by atoms with E-state index in [9.17, 15) is 5.11 Å². The van der Waals surface area contributed by atoms with Crippen molar-refractivity contribution in [2.45, 2.75) is 25.0 Å². The van der Waals surface area contributed by atoms with Crippen molar-refractivity contribution in [1.82, 2.24) is 9.78 Å². The fourth-order valence-electron chi connectivity index (χ4n) is 2.93.